The highest BCUT2D eigenvalue weighted by Crippen LogP contribution is 2.37. The summed E-state index contributed by atoms with van der Waals surface area (Å²) in [6.45, 7) is 0. The van der Waals surface area contributed by atoms with E-state index in [9.17, 15) is 18.0 Å². The van der Waals surface area contributed by atoms with Gasteiger partial charge in [-0.05, 0) is 6.07 Å². The van der Waals surface area contributed by atoms with E-state index in [2.05, 4.69) is 4.98 Å². The van der Waals surface area contributed by atoms with Crippen LogP contribution in [0.15, 0.2) is 23.0 Å². The zero-order valence-electron chi connectivity index (χ0n) is 10.1. The lowest BCUT2D eigenvalue weighted by atomic mass is 10.1. The highest BCUT2D eigenvalue weighted by Gasteiger charge is 2.33. The van der Waals surface area contributed by atoms with Crippen LogP contribution in [-0.2, 0) is 6.18 Å². The molecule has 1 aromatic carbocycles. The number of alkyl halides is 3. The number of rotatable bonds is 2. The van der Waals surface area contributed by atoms with Crippen LogP contribution in [0.2, 0.25) is 0 Å². The molecule has 0 aliphatic heterocycles. The van der Waals surface area contributed by atoms with Gasteiger partial charge in [0.05, 0.1) is 25.3 Å². The van der Waals surface area contributed by atoms with Gasteiger partial charge in [0.1, 0.15) is 0 Å². The van der Waals surface area contributed by atoms with Crippen molar-refractivity contribution in [2.24, 2.45) is 0 Å². The molecule has 0 amide bonds. The number of hydrogen-bond donors (Lipinski definition) is 1. The Morgan fingerprint density at radius 3 is 2.16 bits per heavy atom. The number of benzene rings is 1. The number of methoxy groups -OCH3 is 2. The van der Waals surface area contributed by atoms with Gasteiger partial charge in [-0.2, -0.15) is 13.2 Å². The zero-order chi connectivity index (χ0) is 14.2. The van der Waals surface area contributed by atoms with Crippen LogP contribution in [-0.4, -0.2) is 19.2 Å². The average molecular weight is 273 g/mol. The fourth-order valence-corrected chi connectivity index (χ4v) is 1.82. The fourth-order valence-electron chi connectivity index (χ4n) is 1.82. The predicted octanol–water partition coefficient (Wildman–Crippen LogP) is 2.56. The third kappa shape index (κ3) is 2.35. The van der Waals surface area contributed by atoms with Crippen molar-refractivity contribution >= 4 is 10.9 Å². The van der Waals surface area contributed by atoms with E-state index in [1.165, 1.54) is 26.4 Å². The lowest BCUT2D eigenvalue weighted by Gasteiger charge is -2.13. The van der Waals surface area contributed by atoms with E-state index in [1.807, 2.05) is 0 Å². The molecule has 4 nitrogen and oxygen atoms in total. The molecule has 7 heteroatoms. The second-order valence-corrected chi connectivity index (χ2v) is 3.80. The summed E-state index contributed by atoms with van der Waals surface area (Å²) < 4.78 is 48.6. The van der Waals surface area contributed by atoms with Crippen LogP contribution in [0.4, 0.5) is 13.2 Å². The molecule has 1 heterocycles. The fraction of sp³-hybridized carbons (Fsp3) is 0.250. The quantitative estimate of drug-likeness (QED) is 0.914. The minimum atomic E-state index is -4.62. The maximum absolute atomic E-state index is 12.9. The summed E-state index contributed by atoms with van der Waals surface area (Å²) in [6, 6.07) is 3.01. The molecule has 0 aliphatic rings. The first-order valence-corrected chi connectivity index (χ1v) is 5.23. The molecule has 2 aromatic rings. The van der Waals surface area contributed by atoms with Crippen molar-refractivity contribution < 1.29 is 22.6 Å². The monoisotopic (exact) mass is 273 g/mol. The molecule has 0 saturated heterocycles. The first-order chi connectivity index (χ1) is 8.86. The number of nitrogens with one attached hydrogen (secondary N) is 1. The SMILES string of the molecule is COc1cc2[nH]c(=O)cc(C(F)(F)F)c2cc1OC. The Balaban J connectivity index is 2.87. The molecule has 0 aliphatic carbocycles. The second-order valence-electron chi connectivity index (χ2n) is 3.80. The molecule has 19 heavy (non-hydrogen) atoms. The van der Waals surface area contributed by atoms with Crippen molar-refractivity contribution in [1.29, 1.82) is 0 Å². The number of hydrogen-bond acceptors (Lipinski definition) is 3. The third-order valence-electron chi connectivity index (χ3n) is 2.65. The lowest BCUT2D eigenvalue weighted by Crippen LogP contribution is -2.14. The third-order valence-corrected chi connectivity index (χ3v) is 2.65. The van der Waals surface area contributed by atoms with Crippen LogP contribution in [0.3, 0.4) is 0 Å². The lowest BCUT2D eigenvalue weighted by molar-refractivity contribution is -0.136. The summed E-state index contributed by atoms with van der Waals surface area (Å²) in [5, 5.41) is -0.148. The smallest absolute Gasteiger partial charge is 0.417 e. The molecule has 102 valence electrons. The van der Waals surface area contributed by atoms with Crippen molar-refractivity contribution in [3.05, 3.63) is 34.1 Å². The maximum Gasteiger partial charge on any atom is 0.417 e. The van der Waals surface area contributed by atoms with E-state index >= 15 is 0 Å². The molecule has 0 bridgehead atoms. The maximum atomic E-state index is 12.9. The summed E-state index contributed by atoms with van der Waals surface area (Å²) in [6.07, 6.45) is -4.62. The van der Waals surface area contributed by atoms with Crippen LogP contribution < -0.4 is 15.0 Å². The standard InChI is InChI=1S/C12H10F3NO3/c1-18-9-3-6-7(12(13,14)15)4-11(17)16-8(6)5-10(9)19-2/h3-5H,1-2H3,(H,16,17). The van der Waals surface area contributed by atoms with Gasteiger partial charge < -0.3 is 14.5 Å². The van der Waals surface area contributed by atoms with Crippen LogP contribution in [0.1, 0.15) is 5.56 Å². The Bertz CT molecular complexity index is 676. The topological polar surface area (TPSA) is 51.3 Å². The van der Waals surface area contributed by atoms with Gasteiger partial charge in [-0.3, -0.25) is 4.79 Å². The van der Waals surface area contributed by atoms with Crippen molar-refractivity contribution in [3.63, 3.8) is 0 Å². The second kappa shape index (κ2) is 4.49. The molecule has 0 atom stereocenters. The van der Waals surface area contributed by atoms with E-state index in [0.717, 1.165) is 0 Å². The highest BCUT2D eigenvalue weighted by atomic mass is 19.4. The van der Waals surface area contributed by atoms with Crippen LogP contribution >= 0.6 is 0 Å². The summed E-state index contributed by atoms with van der Waals surface area (Å²) >= 11 is 0. The summed E-state index contributed by atoms with van der Waals surface area (Å²) in [5.74, 6) is 0.400. The van der Waals surface area contributed by atoms with Gasteiger partial charge >= 0.3 is 6.18 Å². The molecule has 0 unspecified atom stereocenters. The first-order valence-electron chi connectivity index (χ1n) is 5.23. The van der Waals surface area contributed by atoms with Gasteiger partial charge in [0.2, 0.25) is 5.56 Å². The number of aromatic nitrogens is 1. The van der Waals surface area contributed by atoms with E-state index in [0.29, 0.717) is 6.07 Å². The molecule has 0 saturated carbocycles. The molecule has 0 spiro atoms. The molecular formula is C12H10F3NO3. The molecule has 1 aromatic heterocycles. The number of halogens is 3. The number of pyridine rings is 1. The van der Waals surface area contributed by atoms with Crippen molar-refractivity contribution in [3.8, 4) is 11.5 Å². The first kappa shape index (κ1) is 13.3. The minimum Gasteiger partial charge on any atom is -0.493 e. The van der Waals surface area contributed by atoms with Crippen LogP contribution in [0, 0.1) is 0 Å². The molecule has 0 radical (unpaired) electrons. The number of ether oxygens (including phenoxy) is 2. The molecule has 1 N–H and O–H groups in total. The molecule has 2 rings (SSSR count). The Kier molecular flexibility index (Phi) is 3.13. The Hall–Kier alpha value is -2.18. The van der Waals surface area contributed by atoms with E-state index in [-0.39, 0.29) is 22.4 Å². The van der Waals surface area contributed by atoms with E-state index < -0.39 is 17.3 Å². The van der Waals surface area contributed by atoms with E-state index in [1.54, 1.807) is 0 Å². The summed E-state index contributed by atoms with van der Waals surface area (Å²) in [5.41, 5.74) is -1.79. The van der Waals surface area contributed by atoms with E-state index in [4.69, 9.17) is 9.47 Å². The van der Waals surface area contributed by atoms with Gasteiger partial charge in [-0.1, -0.05) is 0 Å². The summed E-state index contributed by atoms with van der Waals surface area (Å²) in [4.78, 5) is 13.6. The summed E-state index contributed by atoms with van der Waals surface area (Å²) in [7, 11) is 2.68. The minimum absolute atomic E-state index is 0.0393. The van der Waals surface area contributed by atoms with Gasteiger partial charge in [-0.25, -0.2) is 0 Å². The van der Waals surface area contributed by atoms with Gasteiger partial charge in [0, 0.05) is 17.5 Å². The Morgan fingerprint density at radius 2 is 1.63 bits per heavy atom. The Labute approximate surface area is 105 Å². The van der Waals surface area contributed by atoms with Gasteiger partial charge in [-0.15, -0.1) is 0 Å². The largest absolute Gasteiger partial charge is 0.493 e. The Morgan fingerprint density at radius 1 is 1.05 bits per heavy atom. The zero-order valence-corrected chi connectivity index (χ0v) is 10.1. The molecular weight excluding hydrogens is 263 g/mol. The average Bonchev–Trinajstić information content (AvgIpc) is 2.34. The van der Waals surface area contributed by atoms with Gasteiger partial charge in [0.25, 0.3) is 0 Å². The van der Waals surface area contributed by atoms with Crippen LogP contribution in [0.5, 0.6) is 11.5 Å². The number of fused-ring (bicyclic) bond motifs is 1. The van der Waals surface area contributed by atoms with Crippen molar-refractivity contribution in [2.45, 2.75) is 6.18 Å². The highest BCUT2D eigenvalue weighted by molar-refractivity contribution is 5.86. The molecule has 0 fully saturated rings. The normalized spacial score (nSPS) is 11.6. The van der Waals surface area contributed by atoms with Crippen molar-refractivity contribution in [1.82, 2.24) is 4.98 Å². The number of aromatic amines is 1. The van der Waals surface area contributed by atoms with Gasteiger partial charge in [0.15, 0.2) is 11.5 Å². The predicted molar refractivity (Wildman–Crippen MR) is 62.7 cm³/mol. The van der Waals surface area contributed by atoms with Crippen molar-refractivity contribution in [2.75, 3.05) is 14.2 Å². The number of H-pyrrole nitrogens is 1. The van der Waals surface area contributed by atoms with Crippen LogP contribution in [0.25, 0.3) is 10.9 Å².